The van der Waals surface area contributed by atoms with Gasteiger partial charge in [-0.2, -0.15) is 0 Å². The van der Waals surface area contributed by atoms with Gasteiger partial charge in [0.25, 0.3) is 0 Å². The molecule has 0 saturated heterocycles. The monoisotopic (exact) mass is 357 g/mol. The molecule has 0 aliphatic carbocycles. The molecule has 1 aliphatic rings. The lowest BCUT2D eigenvalue weighted by atomic mass is 9.99. The van der Waals surface area contributed by atoms with Crippen LogP contribution in [0.2, 0.25) is 5.02 Å². The first-order chi connectivity index (χ1) is 10.7. The molecule has 1 aliphatic heterocycles. The van der Waals surface area contributed by atoms with E-state index in [9.17, 15) is 22.0 Å². The van der Waals surface area contributed by atoms with Crippen LogP contribution in [0.25, 0.3) is 0 Å². The number of sulfone groups is 1. The molecule has 1 unspecified atom stereocenters. The molecule has 0 radical (unpaired) electrons. The Morgan fingerprint density at radius 3 is 2.43 bits per heavy atom. The predicted molar refractivity (Wildman–Crippen MR) is 80.0 cm³/mol. The van der Waals surface area contributed by atoms with Crippen molar-refractivity contribution in [1.82, 2.24) is 0 Å². The van der Waals surface area contributed by atoms with E-state index in [0.717, 1.165) is 18.2 Å². The third-order valence-electron chi connectivity index (χ3n) is 3.84. The van der Waals surface area contributed by atoms with Crippen LogP contribution in [0.5, 0.6) is 0 Å². The number of carbonyl (C=O) groups is 1. The predicted octanol–water partition coefficient (Wildman–Crippen LogP) is 2.79. The van der Waals surface area contributed by atoms with E-state index in [-0.39, 0.29) is 28.1 Å². The quantitative estimate of drug-likeness (QED) is 0.897. The van der Waals surface area contributed by atoms with Crippen molar-refractivity contribution in [3.8, 4) is 0 Å². The van der Waals surface area contributed by atoms with Crippen LogP contribution < -0.4 is 5.73 Å². The molecule has 8 heteroatoms. The van der Waals surface area contributed by atoms with E-state index >= 15 is 0 Å². The topological polar surface area (TPSA) is 77.2 Å². The largest absolute Gasteiger partial charge is 0.366 e. The Labute approximate surface area is 135 Å². The highest BCUT2D eigenvalue weighted by Crippen LogP contribution is 2.44. The van der Waals surface area contributed by atoms with Crippen LogP contribution in [-0.2, 0) is 16.3 Å². The van der Waals surface area contributed by atoms with E-state index in [4.69, 9.17) is 17.3 Å². The SMILES string of the molecule is NC(=O)c1ccc(F)c2c1CC(c1ccc(F)c(Cl)c1)S2(=O)=O. The van der Waals surface area contributed by atoms with Crippen LogP contribution in [-0.4, -0.2) is 14.3 Å². The van der Waals surface area contributed by atoms with E-state index in [0.29, 0.717) is 0 Å². The number of benzene rings is 2. The zero-order chi connectivity index (χ0) is 16.9. The van der Waals surface area contributed by atoms with E-state index in [2.05, 4.69) is 0 Å². The second-order valence-corrected chi connectivity index (χ2v) is 7.65. The molecule has 0 bridgehead atoms. The fourth-order valence-corrected chi connectivity index (χ4v) is 5.03. The number of fused-ring (bicyclic) bond motifs is 1. The second kappa shape index (κ2) is 5.28. The summed E-state index contributed by atoms with van der Waals surface area (Å²) in [4.78, 5) is 10.9. The molecular formula is C15H10ClF2NO3S. The van der Waals surface area contributed by atoms with Gasteiger partial charge in [0.05, 0.1) is 10.3 Å². The molecule has 1 heterocycles. The van der Waals surface area contributed by atoms with Crippen molar-refractivity contribution in [2.45, 2.75) is 16.6 Å². The molecule has 0 spiro atoms. The van der Waals surface area contributed by atoms with Gasteiger partial charge in [-0.05, 0) is 41.8 Å². The minimum Gasteiger partial charge on any atom is -0.366 e. The summed E-state index contributed by atoms with van der Waals surface area (Å²) in [6, 6.07) is 5.56. The van der Waals surface area contributed by atoms with Crippen molar-refractivity contribution in [3.05, 3.63) is 63.7 Å². The Morgan fingerprint density at radius 2 is 1.83 bits per heavy atom. The smallest absolute Gasteiger partial charge is 0.249 e. The van der Waals surface area contributed by atoms with Gasteiger partial charge in [-0.1, -0.05) is 17.7 Å². The van der Waals surface area contributed by atoms with Crippen LogP contribution in [0.3, 0.4) is 0 Å². The summed E-state index contributed by atoms with van der Waals surface area (Å²) in [6.07, 6.45) is -0.129. The molecule has 1 amide bonds. The molecule has 0 aromatic heterocycles. The number of nitrogens with two attached hydrogens (primary N) is 1. The standard InChI is InChI=1S/C15H10ClF2NO3S/c16-10-5-7(1-3-11(10)17)13-6-9-8(15(19)20)2-4-12(18)14(9)23(13,21)22/h1-5,13H,6H2,(H2,19,20). The van der Waals surface area contributed by atoms with Crippen LogP contribution in [0, 0.1) is 11.6 Å². The highest BCUT2D eigenvalue weighted by atomic mass is 35.5. The Kier molecular flexibility index (Phi) is 3.65. The van der Waals surface area contributed by atoms with Crippen LogP contribution in [0.15, 0.2) is 35.2 Å². The molecule has 0 fully saturated rings. The normalized spacial score (nSPS) is 18.7. The highest BCUT2D eigenvalue weighted by molar-refractivity contribution is 7.92. The zero-order valence-electron chi connectivity index (χ0n) is 11.5. The van der Waals surface area contributed by atoms with E-state index in [1.54, 1.807) is 0 Å². The Balaban J connectivity index is 2.21. The minimum atomic E-state index is -4.08. The molecule has 2 N–H and O–H groups in total. The van der Waals surface area contributed by atoms with Gasteiger partial charge >= 0.3 is 0 Å². The number of hydrogen-bond donors (Lipinski definition) is 1. The highest BCUT2D eigenvalue weighted by Gasteiger charge is 2.42. The Bertz CT molecular complexity index is 944. The number of amides is 1. The number of halogens is 3. The lowest BCUT2D eigenvalue weighted by molar-refractivity contribution is 0.0999. The minimum absolute atomic E-state index is 0.0410. The number of rotatable bonds is 2. The molecule has 2 aromatic carbocycles. The number of hydrogen-bond acceptors (Lipinski definition) is 3. The van der Waals surface area contributed by atoms with Gasteiger partial charge in [0.2, 0.25) is 5.91 Å². The molecule has 4 nitrogen and oxygen atoms in total. The number of carbonyl (C=O) groups excluding carboxylic acids is 1. The van der Waals surface area contributed by atoms with Gasteiger partial charge < -0.3 is 5.73 Å². The summed E-state index contributed by atoms with van der Waals surface area (Å²) in [6.45, 7) is 0. The fraction of sp³-hybridized carbons (Fsp3) is 0.133. The third kappa shape index (κ3) is 2.40. The lowest BCUT2D eigenvalue weighted by Crippen LogP contribution is -2.14. The first-order valence-corrected chi connectivity index (χ1v) is 8.46. The third-order valence-corrected chi connectivity index (χ3v) is 6.33. The van der Waals surface area contributed by atoms with Crippen LogP contribution in [0.1, 0.15) is 26.7 Å². The van der Waals surface area contributed by atoms with E-state index in [1.807, 2.05) is 0 Å². The van der Waals surface area contributed by atoms with Gasteiger partial charge in [-0.15, -0.1) is 0 Å². The van der Waals surface area contributed by atoms with Gasteiger partial charge in [-0.3, -0.25) is 4.79 Å². The Hall–Kier alpha value is -1.99. The summed E-state index contributed by atoms with van der Waals surface area (Å²) in [5.41, 5.74) is 5.45. The summed E-state index contributed by atoms with van der Waals surface area (Å²) >= 11 is 5.69. The van der Waals surface area contributed by atoms with Crippen molar-refractivity contribution in [1.29, 1.82) is 0 Å². The molecule has 23 heavy (non-hydrogen) atoms. The maximum atomic E-state index is 14.0. The summed E-state index contributed by atoms with van der Waals surface area (Å²) < 4.78 is 52.6. The van der Waals surface area contributed by atoms with E-state index in [1.165, 1.54) is 12.1 Å². The molecule has 0 saturated carbocycles. The molecule has 120 valence electrons. The van der Waals surface area contributed by atoms with Gasteiger partial charge in [-0.25, -0.2) is 17.2 Å². The molecular weight excluding hydrogens is 348 g/mol. The van der Waals surface area contributed by atoms with Crippen LogP contribution >= 0.6 is 11.6 Å². The summed E-state index contributed by atoms with van der Waals surface area (Å²) in [5.74, 6) is -2.47. The van der Waals surface area contributed by atoms with Gasteiger partial charge in [0.15, 0.2) is 9.84 Å². The average molecular weight is 358 g/mol. The van der Waals surface area contributed by atoms with Crippen molar-refractivity contribution >= 4 is 27.3 Å². The maximum absolute atomic E-state index is 14.0. The Morgan fingerprint density at radius 1 is 1.17 bits per heavy atom. The van der Waals surface area contributed by atoms with Crippen molar-refractivity contribution in [3.63, 3.8) is 0 Å². The number of primary amides is 1. The maximum Gasteiger partial charge on any atom is 0.249 e. The van der Waals surface area contributed by atoms with Gasteiger partial charge in [0.1, 0.15) is 16.5 Å². The summed E-state index contributed by atoms with van der Waals surface area (Å²) in [7, 11) is -4.08. The second-order valence-electron chi connectivity index (χ2n) is 5.18. The van der Waals surface area contributed by atoms with Crippen molar-refractivity contribution in [2.24, 2.45) is 5.73 Å². The first-order valence-electron chi connectivity index (χ1n) is 6.53. The van der Waals surface area contributed by atoms with Crippen molar-refractivity contribution < 1.29 is 22.0 Å². The van der Waals surface area contributed by atoms with E-state index < -0.39 is 37.5 Å². The fourth-order valence-electron chi connectivity index (χ4n) is 2.79. The van der Waals surface area contributed by atoms with Crippen LogP contribution in [0.4, 0.5) is 8.78 Å². The molecule has 3 rings (SSSR count). The lowest BCUT2D eigenvalue weighted by Gasteiger charge is -2.10. The van der Waals surface area contributed by atoms with Crippen molar-refractivity contribution in [2.75, 3.05) is 0 Å². The zero-order valence-corrected chi connectivity index (χ0v) is 13.1. The van der Waals surface area contributed by atoms with Gasteiger partial charge in [0, 0.05) is 5.56 Å². The molecule has 1 atom stereocenters. The summed E-state index contributed by atoms with van der Waals surface area (Å²) in [5, 5.41) is -1.38. The first kappa shape index (κ1) is 15.9. The molecule has 2 aromatic rings. The average Bonchev–Trinajstić information content (AvgIpc) is 2.74.